The molecule has 1 amide bonds. The Balaban J connectivity index is 1.54. The van der Waals surface area contributed by atoms with Crippen LogP contribution >= 0.6 is 0 Å². The highest BCUT2D eigenvalue weighted by atomic mass is 16.5. The van der Waals surface area contributed by atoms with Gasteiger partial charge in [-0.1, -0.05) is 29.4 Å². The van der Waals surface area contributed by atoms with Gasteiger partial charge in [0.25, 0.3) is 5.89 Å². The molecule has 1 aromatic heterocycles. The van der Waals surface area contributed by atoms with Crippen molar-refractivity contribution in [2.24, 2.45) is 5.92 Å². The van der Waals surface area contributed by atoms with Gasteiger partial charge >= 0.3 is 0 Å². The molecule has 3 aromatic rings. The number of nitrogens with zero attached hydrogens (tertiary/aromatic N) is 2. The van der Waals surface area contributed by atoms with Crippen molar-refractivity contribution in [2.45, 2.75) is 19.8 Å². The predicted octanol–water partition coefficient (Wildman–Crippen LogP) is 4.06. The molecule has 0 saturated heterocycles. The topological polar surface area (TPSA) is 68.0 Å². The Morgan fingerprint density at radius 2 is 1.88 bits per heavy atom. The molecule has 1 heterocycles. The molecule has 0 atom stereocenters. The molecular formula is C19H17N3O2. The highest BCUT2D eigenvalue weighted by molar-refractivity contribution is 5.94. The van der Waals surface area contributed by atoms with E-state index in [0.717, 1.165) is 35.2 Å². The van der Waals surface area contributed by atoms with Crippen molar-refractivity contribution in [2.75, 3.05) is 5.32 Å². The second-order valence-corrected chi connectivity index (χ2v) is 6.08. The number of hydrogen-bond acceptors (Lipinski definition) is 4. The van der Waals surface area contributed by atoms with Gasteiger partial charge in [-0.25, -0.2) is 0 Å². The summed E-state index contributed by atoms with van der Waals surface area (Å²) in [6, 6.07) is 15.4. The SMILES string of the molecule is Cc1ccccc1-c1noc(-c2ccc(NC(=O)C3CC3)cc2)n1. The number of amides is 1. The Bertz CT molecular complexity index is 880. The van der Waals surface area contributed by atoms with Gasteiger partial charge < -0.3 is 9.84 Å². The van der Waals surface area contributed by atoms with Crippen molar-refractivity contribution in [3.8, 4) is 22.8 Å². The largest absolute Gasteiger partial charge is 0.334 e. The molecule has 120 valence electrons. The Morgan fingerprint density at radius 3 is 2.58 bits per heavy atom. The van der Waals surface area contributed by atoms with Gasteiger partial charge in [0, 0.05) is 22.7 Å². The number of aromatic nitrogens is 2. The van der Waals surface area contributed by atoms with E-state index >= 15 is 0 Å². The van der Waals surface area contributed by atoms with Crippen LogP contribution in [0.4, 0.5) is 5.69 Å². The first-order valence-corrected chi connectivity index (χ1v) is 8.02. The first kappa shape index (κ1) is 14.6. The summed E-state index contributed by atoms with van der Waals surface area (Å²) >= 11 is 0. The third-order valence-corrected chi connectivity index (χ3v) is 4.16. The van der Waals surface area contributed by atoms with E-state index in [-0.39, 0.29) is 11.8 Å². The lowest BCUT2D eigenvalue weighted by Crippen LogP contribution is -2.12. The fourth-order valence-corrected chi connectivity index (χ4v) is 2.56. The van der Waals surface area contributed by atoms with Crippen LogP contribution in [0.5, 0.6) is 0 Å². The Hall–Kier alpha value is -2.95. The zero-order chi connectivity index (χ0) is 16.5. The number of anilines is 1. The lowest BCUT2D eigenvalue weighted by Gasteiger charge is -2.04. The summed E-state index contributed by atoms with van der Waals surface area (Å²) in [5, 5.41) is 6.99. The van der Waals surface area contributed by atoms with Crippen molar-refractivity contribution < 1.29 is 9.32 Å². The molecule has 5 nitrogen and oxygen atoms in total. The molecule has 1 N–H and O–H groups in total. The van der Waals surface area contributed by atoms with Crippen molar-refractivity contribution in [3.05, 3.63) is 54.1 Å². The predicted molar refractivity (Wildman–Crippen MR) is 91.3 cm³/mol. The Labute approximate surface area is 139 Å². The number of carbonyl (C=O) groups is 1. The van der Waals surface area contributed by atoms with Gasteiger partial charge in [-0.2, -0.15) is 4.98 Å². The van der Waals surface area contributed by atoms with Crippen molar-refractivity contribution in [3.63, 3.8) is 0 Å². The van der Waals surface area contributed by atoms with Gasteiger partial charge in [0.1, 0.15) is 0 Å². The molecule has 1 fully saturated rings. The average molecular weight is 319 g/mol. The number of hydrogen-bond donors (Lipinski definition) is 1. The van der Waals surface area contributed by atoms with E-state index < -0.39 is 0 Å². The summed E-state index contributed by atoms with van der Waals surface area (Å²) < 4.78 is 5.38. The molecule has 1 saturated carbocycles. The molecule has 2 aromatic carbocycles. The van der Waals surface area contributed by atoms with E-state index in [1.807, 2.05) is 55.5 Å². The second-order valence-electron chi connectivity index (χ2n) is 6.08. The van der Waals surface area contributed by atoms with Gasteiger partial charge in [-0.3, -0.25) is 4.79 Å². The van der Waals surface area contributed by atoms with Crippen molar-refractivity contribution in [1.82, 2.24) is 10.1 Å². The molecule has 1 aliphatic carbocycles. The molecule has 0 radical (unpaired) electrons. The standard InChI is InChI=1S/C19H17N3O2/c1-12-4-2-3-5-16(12)17-21-19(24-22-17)14-8-10-15(11-9-14)20-18(23)13-6-7-13/h2-5,8-11,13H,6-7H2,1H3,(H,20,23). The zero-order valence-electron chi connectivity index (χ0n) is 13.3. The third kappa shape index (κ3) is 2.93. The van der Waals surface area contributed by atoms with Crippen LogP contribution in [0.3, 0.4) is 0 Å². The van der Waals surface area contributed by atoms with Crippen LogP contribution < -0.4 is 5.32 Å². The minimum atomic E-state index is 0.0994. The molecule has 24 heavy (non-hydrogen) atoms. The van der Waals surface area contributed by atoms with E-state index in [0.29, 0.717) is 11.7 Å². The van der Waals surface area contributed by atoms with Crippen LogP contribution in [-0.4, -0.2) is 16.0 Å². The van der Waals surface area contributed by atoms with Gasteiger partial charge in [0.15, 0.2) is 0 Å². The van der Waals surface area contributed by atoms with Crippen LogP contribution in [-0.2, 0) is 4.79 Å². The fourth-order valence-electron chi connectivity index (χ4n) is 2.56. The summed E-state index contributed by atoms with van der Waals surface area (Å²) in [7, 11) is 0. The molecule has 0 aliphatic heterocycles. The normalized spacial score (nSPS) is 13.7. The molecule has 4 rings (SSSR count). The molecule has 0 bridgehead atoms. The summed E-state index contributed by atoms with van der Waals surface area (Å²) in [4.78, 5) is 16.2. The average Bonchev–Trinajstić information content (AvgIpc) is 3.34. The Kier molecular flexibility index (Phi) is 3.61. The molecule has 5 heteroatoms. The maximum absolute atomic E-state index is 11.8. The first-order chi connectivity index (χ1) is 11.7. The quantitative estimate of drug-likeness (QED) is 0.787. The highest BCUT2D eigenvalue weighted by Crippen LogP contribution is 2.30. The van der Waals surface area contributed by atoms with Gasteiger partial charge in [0.05, 0.1) is 0 Å². The lowest BCUT2D eigenvalue weighted by molar-refractivity contribution is -0.117. The van der Waals surface area contributed by atoms with Crippen LogP contribution in [0.25, 0.3) is 22.8 Å². The lowest BCUT2D eigenvalue weighted by atomic mass is 10.1. The molecular weight excluding hydrogens is 302 g/mol. The van der Waals surface area contributed by atoms with E-state index in [1.54, 1.807) is 0 Å². The molecule has 1 aliphatic rings. The van der Waals surface area contributed by atoms with Crippen LogP contribution in [0, 0.1) is 12.8 Å². The number of aryl methyl sites for hydroxylation is 1. The van der Waals surface area contributed by atoms with Crippen LogP contribution in [0.15, 0.2) is 53.1 Å². The highest BCUT2D eigenvalue weighted by Gasteiger charge is 2.29. The maximum atomic E-state index is 11.8. The molecule has 0 spiro atoms. The molecule has 0 unspecified atom stereocenters. The minimum absolute atomic E-state index is 0.0994. The van der Waals surface area contributed by atoms with Crippen LogP contribution in [0.2, 0.25) is 0 Å². The number of benzene rings is 2. The van der Waals surface area contributed by atoms with Crippen LogP contribution in [0.1, 0.15) is 18.4 Å². The smallest absolute Gasteiger partial charge is 0.258 e. The fraction of sp³-hybridized carbons (Fsp3) is 0.211. The van der Waals surface area contributed by atoms with Crippen molar-refractivity contribution in [1.29, 1.82) is 0 Å². The van der Waals surface area contributed by atoms with Gasteiger partial charge in [-0.15, -0.1) is 0 Å². The summed E-state index contributed by atoms with van der Waals surface area (Å²) in [5.41, 5.74) is 3.67. The van der Waals surface area contributed by atoms with E-state index in [1.165, 1.54) is 0 Å². The minimum Gasteiger partial charge on any atom is -0.334 e. The summed E-state index contributed by atoms with van der Waals surface area (Å²) in [6.45, 7) is 2.02. The third-order valence-electron chi connectivity index (χ3n) is 4.16. The van der Waals surface area contributed by atoms with E-state index in [2.05, 4.69) is 15.5 Å². The second kappa shape index (κ2) is 5.92. The number of nitrogens with one attached hydrogen (secondary N) is 1. The van der Waals surface area contributed by atoms with Crippen molar-refractivity contribution >= 4 is 11.6 Å². The number of rotatable bonds is 4. The van der Waals surface area contributed by atoms with Gasteiger partial charge in [-0.05, 0) is 49.6 Å². The summed E-state index contributed by atoms with van der Waals surface area (Å²) in [6.07, 6.45) is 1.99. The van der Waals surface area contributed by atoms with Gasteiger partial charge in [0.2, 0.25) is 11.7 Å². The monoisotopic (exact) mass is 319 g/mol. The maximum Gasteiger partial charge on any atom is 0.258 e. The van der Waals surface area contributed by atoms with E-state index in [4.69, 9.17) is 4.52 Å². The van der Waals surface area contributed by atoms with E-state index in [9.17, 15) is 4.79 Å². The first-order valence-electron chi connectivity index (χ1n) is 8.02. The number of carbonyl (C=O) groups excluding carboxylic acids is 1. The zero-order valence-corrected chi connectivity index (χ0v) is 13.3. The summed E-state index contributed by atoms with van der Waals surface area (Å²) in [5.74, 6) is 1.34. The Morgan fingerprint density at radius 1 is 1.12 bits per heavy atom.